The second-order valence-electron chi connectivity index (χ2n) is 4.03. The van der Waals surface area contributed by atoms with Crippen LogP contribution >= 0.6 is 11.6 Å². The van der Waals surface area contributed by atoms with Crippen LogP contribution in [0.2, 0.25) is 5.02 Å². The maximum atomic E-state index is 6.23. The molecule has 0 aliphatic carbocycles. The summed E-state index contributed by atoms with van der Waals surface area (Å²) in [6, 6.07) is 3.95. The van der Waals surface area contributed by atoms with Crippen molar-refractivity contribution in [2.75, 3.05) is 7.05 Å². The molecule has 0 aliphatic heterocycles. The summed E-state index contributed by atoms with van der Waals surface area (Å²) in [4.78, 5) is 0. The van der Waals surface area contributed by atoms with Gasteiger partial charge in [-0.3, -0.25) is 4.68 Å². The molecule has 92 valence electrons. The van der Waals surface area contributed by atoms with Crippen molar-refractivity contribution in [3.63, 3.8) is 0 Å². The summed E-state index contributed by atoms with van der Waals surface area (Å²) in [7, 11) is 3.81. The first-order valence-corrected chi connectivity index (χ1v) is 5.90. The molecule has 0 aliphatic rings. The fourth-order valence-electron chi connectivity index (χ4n) is 1.93. The van der Waals surface area contributed by atoms with Crippen LogP contribution in [-0.2, 0) is 13.5 Å². The lowest BCUT2D eigenvalue weighted by molar-refractivity contribution is 0.423. The largest absolute Gasteiger partial charge is 0.468 e. The molecule has 0 spiro atoms. The van der Waals surface area contributed by atoms with Crippen LogP contribution in [0.1, 0.15) is 23.2 Å². The summed E-state index contributed by atoms with van der Waals surface area (Å²) in [5.74, 6) is 0.905. The number of halogens is 1. The van der Waals surface area contributed by atoms with Crippen molar-refractivity contribution in [3.05, 3.63) is 40.6 Å². The number of aryl methyl sites for hydroxylation is 2. The molecule has 0 amide bonds. The highest BCUT2D eigenvalue weighted by molar-refractivity contribution is 6.31. The molecule has 0 saturated heterocycles. The molecule has 2 rings (SSSR count). The van der Waals surface area contributed by atoms with Crippen LogP contribution in [0.4, 0.5) is 0 Å². The average molecular weight is 254 g/mol. The third-order valence-electron chi connectivity index (χ3n) is 2.89. The third-order valence-corrected chi connectivity index (χ3v) is 3.39. The van der Waals surface area contributed by atoms with E-state index in [1.54, 1.807) is 6.26 Å². The van der Waals surface area contributed by atoms with Gasteiger partial charge in [0.15, 0.2) is 0 Å². The van der Waals surface area contributed by atoms with Gasteiger partial charge in [-0.05, 0) is 26.1 Å². The van der Waals surface area contributed by atoms with Gasteiger partial charge in [0.1, 0.15) is 5.76 Å². The minimum atomic E-state index is 0.109. The van der Waals surface area contributed by atoms with Crippen molar-refractivity contribution < 1.29 is 4.42 Å². The Morgan fingerprint density at radius 2 is 2.35 bits per heavy atom. The maximum absolute atomic E-state index is 6.23. The molecule has 17 heavy (non-hydrogen) atoms. The van der Waals surface area contributed by atoms with E-state index in [4.69, 9.17) is 16.0 Å². The molecular weight excluding hydrogens is 238 g/mol. The Hall–Kier alpha value is -1.26. The van der Waals surface area contributed by atoms with Gasteiger partial charge in [-0.15, -0.1) is 0 Å². The number of aromatic nitrogens is 2. The SMILES string of the molecule is CNC(Cc1c(Cl)c(C)nn1C)c1ccco1. The number of likely N-dealkylation sites (N-methyl/N-ethyl adjacent to an activating group) is 1. The van der Waals surface area contributed by atoms with Gasteiger partial charge in [-0.2, -0.15) is 5.10 Å². The van der Waals surface area contributed by atoms with E-state index in [0.29, 0.717) is 0 Å². The smallest absolute Gasteiger partial charge is 0.121 e. The highest BCUT2D eigenvalue weighted by Gasteiger charge is 2.18. The Morgan fingerprint density at radius 1 is 1.59 bits per heavy atom. The van der Waals surface area contributed by atoms with Crippen LogP contribution in [0, 0.1) is 6.92 Å². The van der Waals surface area contributed by atoms with Gasteiger partial charge in [0.05, 0.1) is 28.7 Å². The molecule has 0 radical (unpaired) electrons. The predicted molar refractivity (Wildman–Crippen MR) is 67.2 cm³/mol. The summed E-state index contributed by atoms with van der Waals surface area (Å²) in [5.41, 5.74) is 1.87. The Morgan fingerprint density at radius 3 is 2.82 bits per heavy atom. The van der Waals surface area contributed by atoms with Crippen LogP contribution in [0.5, 0.6) is 0 Å². The van der Waals surface area contributed by atoms with E-state index in [1.165, 1.54) is 0 Å². The number of hydrogen-bond acceptors (Lipinski definition) is 3. The van der Waals surface area contributed by atoms with Crippen molar-refractivity contribution in [1.82, 2.24) is 15.1 Å². The topological polar surface area (TPSA) is 43.0 Å². The van der Waals surface area contributed by atoms with E-state index in [1.807, 2.05) is 37.8 Å². The quantitative estimate of drug-likeness (QED) is 0.910. The first-order valence-electron chi connectivity index (χ1n) is 5.52. The summed E-state index contributed by atoms with van der Waals surface area (Å²) >= 11 is 6.23. The number of furan rings is 1. The molecular formula is C12H16ClN3O. The molecule has 0 fully saturated rings. The lowest BCUT2D eigenvalue weighted by atomic mass is 10.1. The zero-order chi connectivity index (χ0) is 12.4. The Bertz CT molecular complexity index is 490. The minimum Gasteiger partial charge on any atom is -0.468 e. The molecule has 1 N–H and O–H groups in total. The molecule has 0 bridgehead atoms. The Kier molecular flexibility index (Phi) is 3.54. The number of nitrogens with zero attached hydrogens (tertiary/aromatic N) is 2. The zero-order valence-electron chi connectivity index (χ0n) is 10.2. The van der Waals surface area contributed by atoms with Crippen molar-refractivity contribution in [2.24, 2.45) is 7.05 Å². The average Bonchev–Trinajstić information content (AvgIpc) is 2.89. The monoisotopic (exact) mass is 253 g/mol. The van der Waals surface area contributed by atoms with E-state index in [0.717, 1.165) is 28.6 Å². The van der Waals surface area contributed by atoms with Crippen molar-refractivity contribution in [3.8, 4) is 0 Å². The van der Waals surface area contributed by atoms with E-state index >= 15 is 0 Å². The van der Waals surface area contributed by atoms with Gasteiger partial charge in [0.25, 0.3) is 0 Å². The minimum absolute atomic E-state index is 0.109. The fourth-order valence-corrected chi connectivity index (χ4v) is 2.17. The van der Waals surface area contributed by atoms with E-state index in [-0.39, 0.29) is 6.04 Å². The van der Waals surface area contributed by atoms with Crippen LogP contribution < -0.4 is 5.32 Å². The zero-order valence-corrected chi connectivity index (χ0v) is 11.0. The van der Waals surface area contributed by atoms with E-state index < -0.39 is 0 Å². The summed E-state index contributed by atoms with van der Waals surface area (Å²) < 4.78 is 7.23. The Labute approximate surface area is 106 Å². The van der Waals surface area contributed by atoms with Gasteiger partial charge in [0.2, 0.25) is 0 Å². The highest BCUT2D eigenvalue weighted by Crippen LogP contribution is 2.25. The number of rotatable bonds is 4. The standard InChI is InChI=1S/C12H16ClN3O/c1-8-12(13)10(16(3)15-8)7-9(14-2)11-5-4-6-17-11/h4-6,9,14H,7H2,1-3H3. The molecule has 2 aromatic rings. The molecule has 2 aromatic heterocycles. The van der Waals surface area contributed by atoms with Crippen LogP contribution in [-0.4, -0.2) is 16.8 Å². The van der Waals surface area contributed by atoms with Crippen molar-refractivity contribution >= 4 is 11.6 Å². The fraction of sp³-hybridized carbons (Fsp3) is 0.417. The van der Waals surface area contributed by atoms with Crippen LogP contribution in [0.25, 0.3) is 0 Å². The molecule has 4 nitrogen and oxygen atoms in total. The molecule has 2 heterocycles. The highest BCUT2D eigenvalue weighted by atomic mass is 35.5. The van der Waals surface area contributed by atoms with E-state index in [9.17, 15) is 0 Å². The summed E-state index contributed by atoms with van der Waals surface area (Å²) in [6.07, 6.45) is 2.43. The first-order chi connectivity index (χ1) is 8.13. The lowest BCUT2D eigenvalue weighted by Gasteiger charge is -2.13. The Balaban J connectivity index is 2.24. The molecule has 5 heteroatoms. The van der Waals surface area contributed by atoms with Crippen molar-refractivity contribution in [1.29, 1.82) is 0 Å². The molecule has 0 saturated carbocycles. The maximum Gasteiger partial charge on any atom is 0.121 e. The molecule has 1 atom stereocenters. The van der Waals surface area contributed by atoms with Gasteiger partial charge in [-0.1, -0.05) is 11.6 Å². The second-order valence-corrected chi connectivity index (χ2v) is 4.41. The van der Waals surface area contributed by atoms with Gasteiger partial charge in [-0.25, -0.2) is 0 Å². The summed E-state index contributed by atoms with van der Waals surface area (Å²) in [5, 5.41) is 8.26. The third kappa shape index (κ3) is 2.37. The predicted octanol–water partition coefficient (Wildman–Crippen LogP) is 2.48. The van der Waals surface area contributed by atoms with Gasteiger partial charge >= 0.3 is 0 Å². The second kappa shape index (κ2) is 4.94. The number of nitrogens with one attached hydrogen (secondary N) is 1. The molecule has 0 aromatic carbocycles. The lowest BCUT2D eigenvalue weighted by Crippen LogP contribution is -2.19. The van der Waals surface area contributed by atoms with Gasteiger partial charge in [0, 0.05) is 13.5 Å². The van der Waals surface area contributed by atoms with E-state index in [2.05, 4.69) is 10.4 Å². The first kappa shape index (κ1) is 12.2. The summed E-state index contributed by atoms with van der Waals surface area (Å²) in [6.45, 7) is 1.91. The molecule has 1 unspecified atom stereocenters. The van der Waals surface area contributed by atoms with Crippen LogP contribution in [0.15, 0.2) is 22.8 Å². The normalized spacial score (nSPS) is 12.9. The number of hydrogen-bond donors (Lipinski definition) is 1. The van der Waals surface area contributed by atoms with Crippen molar-refractivity contribution in [2.45, 2.75) is 19.4 Å². The van der Waals surface area contributed by atoms with Gasteiger partial charge < -0.3 is 9.73 Å². The van der Waals surface area contributed by atoms with Crippen LogP contribution in [0.3, 0.4) is 0 Å².